The summed E-state index contributed by atoms with van der Waals surface area (Å²) in [4.78, 5) is 0. The molecule has 0 heterocycles. The van der Waals surface area contributed by atoms with Crippen molar-refractivity contribution < 1.29 is 0 Å². The Morgan fingerprint density at radius 2 is 1.34 bits per heavy atom. The van der Waals surface area contributed by atoms with Crippen molar-refractivity contribution in [1.82, 2.24) is 10.6 Å². The Balaban J connectivity index is 0.00000420. The Bertz CT molecular complexity index is 394. The van der Waals surface area contributed by atoms with Crippen molar-refractivity contribution in [3.8, 4) is 0 Å². The van der Waals surface area contributed by atoms with Crippen LogP contribution in [0.1, 0.15) is 89.9 Å². The predicted molar refractivity (Wildman–Crippen MR) is 131 cm³/mol. The molecule has 3 nitrogen and oxygen atoms in total. The standard InChI is InChI=1S/C25H47N3.ClH/c26-19-9-20-27-21-10-22-28-25(17-7-15-23-11-3-1-4-12-23)18-8-16-24-13-5-2-6-14-24;/h1-3,5,23-25,27-28H,4,6-22,26H2;1H. The number of halogens is 1. The lowest BCUT2D eigenvalue weighted by atomic mass is 9.87. The second kappa shape index (κ2) is 18.4. The minimum absolute atomic E-state index is 0. The first-order chi connectivity index (χ1) is 13.9. The third-order valence-electron chi connectivity index (χ3n) is 6.61. The summed E-state index contributed by atoms with van der Waals surface area (Å²) in [6.07, 6.45) is 28.3. The van der Waals surface area contributed by atoms with Crippen LogP contribution in [0.3, 0.4) is 0 Å². The lowest BCUT2D eigenvalue weighted by molar-refractivity contribution is 0.357. The number of hydrogen-bond donors (Lipinski definition) is 3. The van der Waals surface area contributed by atoms with Gasteiger partial charge in [0, 0.05) is 6.04 Å². The van der Waals surface area contributed by atoms with Gasteiger partial charge in [0.1, 0.15) is 0 Å². The molecule has 2 aliphatic carbocycles. The first kappa shape index (κ1) is 26.7. The molecule has 170 valence electrons. The summed E-state index contributed by atoms with van der Waals surface area (Å²) in [7, 11) is 0. The first-order valence-corrected chi connectivity index (χ1v) is 12.3. The molecule has 0 radical (unpaired) electrons. The van der Waals surface area contributed by atoms with Crippen LogP contribution in [0.4, 0.5) is 0 Å². The molecule has 0 saturated carbocycles. The molecule has 0 bridgehead atoms. The van der Waals surface area contributed by atoms with Crippen molar-refractivity contribution in [3.63, 3.8) is 0 Å². The Labute approximate surface area is 187 Å². The van der Waals surface area contributed by atoms with Crippen LogP contribution >= 0.6 is 12.4 Å². The molecule has 2 rings (SSSR count). The number of nitrogens with one attached hydrogen (secondary N) is 2. The summed E-state index contributed by atoms with van der Waals surface area (Å²) >= 11 is 0. The van der Waals surface area contributed by atoms with Crippen LogP contribution in [0.2, 0.25) is 0 Å². The smallest absolute Gasteiger partial charge is 0.00670 e. The second-order valence-corrected chi connectivity index (χ2v) is 9.06. The molecule has 0 aromatic heterocycles. The predicted octanol–water partition coefficient (Wildman–Crippen LogP) is 5.75. The Morgan fingerprint density at radius 1 is 0.759 bits per heavy atom. The number of nitrogens with two attached hydrogens (primary N) is 1. The van der Waals surface area contributed by atoms with Gasteiger partial charge in [-0.25, -0.2) is 0 Å². The highest BCUT2D eigenvalue weighted by Crippen LogP contribution is 2.26. The van der Waals surface area contributed by atoms with Gasteiger partial charge in [-0.3, -0.25) is 0 Å². The average molecular weight is 426 g/mol. The second-order valence-electron chi connectivity index (χ2n) is 9.06. The van der Waals surface area contributed by atoms with Crippen LogP contribution < -0.4 is 16.4 Å². The normalized spacial score (nSPS) is 22.4. The molecule has 4 N–H and O–H groups in total. The molecule has 29 heavy (non-hydrogen) atoms. The molecular formula is C25H48ClN3. The highest BCUT2D eigenvalue weighted by molar-refractivity contribution is 5.85. The van der Waals surface area contributed by atoms with Gasteiger partial charge in [-0.05, 0) is 102 Å². The minimum atomic E-state index is 0. The highest BCUT2D eigenvalue weighted by Gasteiger charge is 2.14. The van der Waals surface area contributed by atoms with Gasteiger partial charge in [-0.15, -0.1) is 12.4 Å². The van der Waals surface area contributed by atoms with Gasteiger partial charge < -0.3 is 16.4 Å². The Morgan fingerprint density at radius 3 is 1.86 bits per heavy atom. The molecule has 2 atom stereocenters. The summed E-state index contributed by atoms with van der Waals surface area (Å²) in [6, 6.07) is 0.724. The van der Waals surface area contributed by atoms with Gasteiger partial charge in [-0.2, -0.15) is 0 Å². The zero-order valence-electron chi connectivity index (χ0n) is 18.8. The van der Waals surface area contributed by atoms with E-state index in [1.807, 2.05) is 0 Å². The number of rotatable bonds is 16. The van der Waals surface area contributed by atoms with E-state index in [0.29, 0.717) is 0 Å². The van der Waals surface area contributed by atoms with Crippen molar-refractivity contribution in [2.45, 2.75) is 95.9 Å². The van der Waals surface area contributed by atoms with E-state index in [1.54, 1.807) is 0 Å². The van der Waals surface area contributed by atoms with E-state index < -0.39 is 0 Å². The van der Waals surface area contributed by atoms with E-state index in [2.05, 4.69) is 34.9 Å². The first-order valence-electron chi connectivity index (χ1n) is 12.3. The van der Waals surface area contributed by atoms with Gasteiger partial charge in [0.25, 0.3) is 0 Å². The zero-order chi connectivity index (χ0) is 19.7. The molecule has 0 spiro atoms. The van der Waals surface area contributed by atoms with E-state index in [-0.39, 0.29) is 12.4 Å². The maximum Gasteiger partial charge on any atom is 0.00670 e. The van der Waals surface area contributed by atoms with Crippen molar-refractivity contribution in [3.05, 3.63) is 24.3 Å². The third-order valence-corrected chi connectivity index (χ3v) is 6.61. The van der Waals surface area contributed by atoms with Gasteiger partial charge in [0.15, 0.2) is 0 Å². The monoisotopic (exact) mass is 425 g/mol. The molecule has 0 aromatic carbocycles. The summed E-state index contributed by atoms with van der Waals surface area (Å²) in [5, 5.41) is 7.39. The van der Waals surface area contributed by atoms with Gasteiger partial charge in [0.05, 0.1) is 0 Å². The molecule has 0 amide bonds. The van der Waals surface area contributed by atoms with E-state index in [1.165, 1.54) is 83.5 Å². The van der Waals surface area contributed by atoms with E-state index >= 15 is 0 Å². The van der Waals surface area contributed by atoms with Crippen LogP contribution in [0.15, 0.2) is 24.3 Å². The summed E-state index contributed by atoms with van der Waals surface area (Å²) < 4.78 is 0. The third kappa shape index (κ3) is 13.5. The van der Waals surface area contributed by atoms with E-state index in [9.17, 15) is 0 Å². The fourth-order valence-electron chi connectivity index (χ4n) is 4.76. The molecule has 0 saturated heterocycles. The molecule has 0 aromatic rings. The molecule has 4 heteroatoms. The number of hydrogen-bond acceptors (Lipinski definition) is 3. The van der Waals surface area contributed by atoms with E-state index in [0.717, 1.165) is 50.5 Å². The largest absolute Gasteiger partial charge is 0.330 e. The summed E-state index contributed by atoms with van der Waals surface area (Å²) in [5.41, 5.74) is 5.55. The maximum absolute atomic E-state index is 5.55. The lowest BCUT2D eigenvalue weighted by Gasteiger charge is -2.23. The fourth-order valence-corrected chi connectivity index (χ4v) is 4.76. The molecular weight excluding hydrogens is 378 g/mol. The van der Waals surface area contributed by atoms with Crippen LogP contribution in [-0.4, -0.2) is 32.2 Å². The van der Waals surface area contributed by atoms with Crippen LogP contribution in [-0.2, 0) is 0 Å². The van der Waals surface area contributed by atoms with Crippen molar-refractivity contribution in [2.75, 3.05) is 26.2 Å². The SMILES string of the molecule is Cl.NCCCNCCCNC(CCCC1CC=CCC1)CCCC1CC=CCC1. The van der Waals surface area contributed by atoms with E-state index in [4.69, 9.17) is 5.73 Å². The lowest BCUT2D eigenvalue weighted by Crippen LogP contribution is -2.32. The van der Waals surface area contributed by atoms with Gasteiger partial charge in [-0.1, -0.05) is 50.0 Å². The molecule has 0 fully saturated rings. The Kier molecular flexibility index (Phi) is 17.0. The topological polar surface area (TPSA) is 50.1 Å². The fraction of sp³-hybridized carbons (Fsp3) is 0.840. The number of allylic oxidation sites excluding steroid dienone is 4. The Hall–Kier alpha value is -0.350. The maximum atomic E-state index is 5.55. The molecule has 2 unspecified atom stereocenters. The zero-order valence-corrected chi connectivity index (χ0v) is 19.6. The van der Waals surface area contributed by atoms with Crippen molar-refractivity contribution in [1.29, 1.82) is 0 Å². The minimum Gasteiger partial charge on any atom is -0.330 e. The van der Waals surface area contributed by atoms with Crippen molar-refractivity contribution >= 4 is 12.4 Å². The van der Waals surface area contributed by atoms with Crippen molar-refractivity contribution in [2.24, 2.45) is 17.6 Å². The van der Waals surface area contributed by atoms with Crippen LogP contribution in [0, 0.1) is 11.8 Å². The van der Waals surface area contributed by atoms with Gasteiger partial charge >= 0.3 is 0 Å². The van der Waals surface area contributed by atoms with Crippen LogP contribution in [0.5, 0.6) is 0 Å². The molecule has 0 aliphatic heterocycles. The van der Waals surface area contributed by atoms with Crippen LogP contribution in [0.25, 0.3) is 0 Å². The summed E-state index contributed by atoms with van der Waals surface area (Å²) in [6.45, 7) is 4.12. The van der Waals surface area contributed by atoms with Gasteiger partial charge in [0.2, 0.25) is 0 Å². The average Bonchev–Trinajstić information content (AvgIpc) is 2.74. The highest BCUT2D eigenvalue weighted by atomic mass is 35.5. The summed E-state index contributed by atoms with van der Waals surface area (Å²) in [5.74, 6) is 1.90. The quantitative estimate of drug-likeness (QED) is 0.218. The molecule has 2 aliphatic rings.